The van der Waals surface area contributed by atoms with Crippen LogP contribution < -0.4 is 11.1 Å². The molecule has 3 N–H and O–H groups in total. The topological polar surface area (TPSA) is 98.3 Å². The second-order valence-corrected chi connectivity index (χ2v) is 4.21. The molecule has 0 heterocycles. The van der Waals surface area contributed by atoms with Gasteiger partial charge in [0.2, 0.25) is 0 Å². The third-order valence-electron chi connectivity index (χ3n) is 2.83. The van der Waals surface area contributed by atoms with E-state index < -0.39 is 4.92 Å². The summed E-state index contributed by atoms with van der Waals surface area (Å²) in [6.45, 7) is 0. The zero-order valence-electron chi connectivity index (χ0n) is 9.13. The van der Waals surface area contributed by atoms with E-state index in [0.717, 1.165) is 12.8 Å². The van der Waals surface area contributed by atoms with E-state index in [1.54, 1.807) is 6.07 Å². The maximum Gasteiger partial charge on any atom is 0.270 e. The number of nitro benzene ring substituents is 1. The Bertz CT molecular complexity index is 455. The average molecular weight is 235 g/mol. The Morgan fingerprint density at radius 1 is 1.47 bits per heavy atom. The summed E-state index contributed by atoms with van der Waals surface area (Å²) in [5, 5.41) is 13.4. The minimum atomic E-state index is -0.518. The monoisotopic (exact) mass is 235 g/mol. The van der Waals surface area contributed by atoms with Crippen LogP contribution in [0, 0.1) is 10.1 Å². The number of non-ortho nitro benzene ring substituents is 1. The smallest absolute Gasteiger partial charge is 0.270 e. The SMILES string of the molecule is NC1CC(NC(=O)c2cccc([N+](=O)[O-])c2)C1. The van der Waals surface area contributed by atoms with Crippen molar-refractivity contribution in [2.75, 3.05) is 0 Å². The first-order chi connectivity index (χ1) is 8.06. The Hall–Kier alpha value is -1.95. The lowest BCUT2D eigenvalue weighted by atomic mass is 9.87. The first-order valence-electron chi connectivity index (χ1n) is 5.37. The number of nitrogens with two attached hydrogens (primary N) is 1. The van der Waals surface area contributed by atoms with Crippen molar-refractivity contribution in [3.63, 3.8) is 0 Å². The summed E-state index contributed by atoms with van der Waals surface area (Å²) in [6.07, 6.45) is 1.53. The summed E-state index contributed by atoms with van der Waals surface area (Å²) in [6, 6.07) is 5.94. The van der Waals surface area contributed by atoms with E-state index in [9.17, 15) is 14.9 Å². The normalized spacial score (nSPS) is 22.6. The summed E-state index contributed by atoms with van der Waals surface area (Å²) in [4.78, 5) is 21.8. The predicted octanol–water partition coefficient (Wildman–Crippen LogP) is 0.814. The van der Waals surface area contributed by atoms with Gasteiger partial charge in [0.05, 0.1) is 4.92 Å². The molecule has 0 atom stereocenters. The van der Waals surface area contributed by atoms with Crippen LogP contribution in [-0.4, -0.2) is 22.9 Å². The number of carbonyl (C=O) groups excluding carboxylic acids is 1. The molecule has 1 aromatic rings. The standard InChI is InChI=1S/C11H13N3O3/c12-8-5-9(6-8)13-11(15)7-2-1-3-10(4-7)14(16)17/h1-4,8-9H,5-6,12H2,(H,13,15). The number of hydrogen-bond acceptors (Lipinski definition) is 4. The molecule has 0 aromatic heterocycles. The predicted molar refractivity (Wildman–Crippen MR) is 61.6 cm³/mol. The molecular weight excluding hydrogens is 222 g/mol. The quantitative estimate of drug-likeness (QED) is 0.598. The third-order valence-corrected chi connectivity index (χ3v) is 2.83. The first kappa shape index (κ1) is 11.5. The number of nitro groups is 1. The molecule has 17 heavy (non-hydrogen) atoms. The van der Waals surface area contributed by atoms with Crippen molar-refractivity contribution in [3.05, 3.63) is 39.9 Å². The lowest BCUT2D eigenvalue weighted by molar-refractivity contribution is -0.384. The summed E-state index contributed by atoms with van der Waals surface area (Å²) < 4.78 is 0. The van der Waals surface area contributed by atoms with Crippen LogP contribution >= 0.6 is 0 Å². The van der Waals surface area contributed by atoms with Crippen LogP contribution in [0.2, 0.25) is 0 Å². The van der Waals surface area contributed by atoms with Crippen molar-refractivity contribution in [2.24, 2.45) is 5.73 Å². The maximum atomic E-state index is 11.8. The van der Waals surface area contributed by atoms with Gasteiger partial charge in [-0.1, -0.05) is 6.07 Å². The lowest BCUT2D eigenvalue weighted by Crippen LogP contribution is -2.50. The van der Waals surface area contributed by atoms with Crippen molar-refractivity contribution in [1.29, 1.82) is 0 Å². The number of benzene rings is 1. The fraction of sp³-hybridized carbons (Fsp3) is 0.364. The molecule has 90 valence electrons. The van der Waals surface area contributed by atoms with E-state index in [1.165, 1.54) is 18.2 Å². The minimum Gasteiger partial charge on any atom is -0.349 e. The highest BCUT2D eigenvalue weighted by molar-refractivity contribution is 5.95. The number of nitrogens with zero attached hydrogens (tertiary/aromatic N) is 1. The van der Waals surface area contributed by atoms with Crippen LogP contribution in [0.5, 0.6) is 0 Å². The van der Waals surface area contributed by atoms with Gasteiger partial charge in [0, 0.05) is 29.8 Å². The minimum absolute atomic E-state index is 0.0806. The second kappa shape index (κ2) is 4.50. The maximum absolute atomic E-state index is 11.8. The van der Waals surface area contributed by atoms with Crippen LogP contribution in [0.15, 0.2) is 24.3 Å². The van der Waals surface area contributed by atoms with E-state index in [4.69, 9.17) is 5.73 Å². The molecule has 6 nitrogen and oxygen atoms in total. The Kier molecular flexibility index (Phi) is 3.06. The lowest BCUT2D eigenvalue weighted by Gasteiger charge is -2.32. The second-order valence-electron chi connectivity index (χ2n) is 4.21. The number of hydrogen-bond donors (Lipinski definition) is 2. The molecule has 0 aliphatic heterocycles. The molecule has 1 aromatic carbocycles. The van der Waals surface area contributed by atoms with Gasteiger partial charge >= 0.3 is 0 Å². The van der Waals surface area contributed by atoms with Gasteiger partial charge in [-0.15, -0.1) is 0 Å². The molecule has 2 rings (SSSR count). The van der Waals surface area contributed by atoms with Crippen molar-refractivity contribution >= 4 is 11.6 Å². The molecule has 0 bridgehead atoms. The van der Waals surface area contributed by atoms with Gasteiger partial charge < -0.3 is 11.1 Å². The van der Waals surface area contributed by atoms with Gasteiger partial charge in [-0.25, -0.2) is 0 Å². The Balaban J connectivity index is 2.03. The number of carbonyl (C=O) groups is 1. The Morgan fingerprint density at radius 3 is 2.76 bits per heavy atom. The molecule has 1 fully saturated rings. The molecule has 0 spiro atoms. The fourth-order valence-corrected chi connectivity index (χ4v) is 1.81. The van der Waals surface area contributed by atoms with Crippen LogP contribution in [0.4, 0.5) is 5.69 Å². The highest BCUT2D eigenvalue weighted by Gasteiger charge is 2.27. The van der Waals surface area contributed by atoms with Crippen LogP contribution in [0.3, 0.4) is 0 Å². The van der Waals surface area contributed by atoms with Crippen molar-refractivity contribution in [1.82, 2.24) is 5.32 Å². The van der Waals surface area contributed by atoms with Crippen LogP contribution in [-0.2, 0) is 0 Å². The van der Waals surface area contributed by atoms with Crippen LogP contribution in [0.1, 0.15) is 23.2 Å². The highest BCUT2D eigenvalue weighted by Crippen LogP contribution is 2.19. The molecule has 1 saturated carbocycles. The summed E-state index contributed by atoms with van der Waals surface area (Å²) >= 11 is 0. The molecule has 1 aliphatic carbocycles. The summed E-state index contributed by atoms with van der Waals surface area (Å²) in [5.41, 5.74) is 5.83. The third kappa shape index (κ3) is 2.59. The van der Waals surface area contributed by atoms with Crippen LogP contribution in [0.25, 0.3) is 0 Å². The molecular formula is C11H13N3O3. The van der Waals surface area contributed by atoms with E-state index in [1.807, 2.05) is 0 Å². The van der Waals surface area contributed by atoms with E-state index in [0.29, 0.717) is 5.56 Å². The van der Waals surface area contributed by atoms with Crippen molar-refractivity contribution in [3.8, 4) is 0 Å². The molecule has 0 unspecified atom stereocenters. The molecule has 1 amide bonds. The zero-order valence-corrected chi connectivity index (χ0v) is 9.13. The van der Waals surface area contributed by atoms with E-state index >= 15 is 0 Å². The van der Waals surface area contributed by atoms with E-state index in [2.05, 4.69) is 5.32 Å². The van der Waals surface area contributed by atoms with Gasteiger partial charge in [0.15, 0.2) is 0 Å². The summed E-state index contributed by atoms with van der Waals surface area (Å²) in [7, 11) is 0. The Morgan fingerprint density at radius 2 is 2.18 bits per heavy atom. The van der Waals surface area contributed by atoms with Gasteiger partial charge in [-0.2, -0.15) is 0 Å². The Labute approximate surface area is 98.0 Å². The largest absolute Gasteiger partial charge is 0.349 e. The fourth-order valence-electron chi connectivity index (χ4n) is 1.81. The van der Waals surface area contributed by atoms with Gasteiger partial charge in [-0.05, 0) is 18.9 Å². The summed E-state index contributed by atoms with van der Waals surface area (Å²) in [5.74, 6) is -0.286. The average Bonchev–Trinajstić information content (AvgIpc) is 2.27. The zero-order chi connectivity index (χ0) is 12.4. The number of nitrogens with one attached hydrogen (secondary N) is 1. The molecule has 0 saturated heterocycles. The molecule has 6 heteroatoms. The van der Waals surface area contributed by atoms with Gasteiger partial charge in [0.1, 0.15) is 0 Å². The number of rotatable bonds is 3. The molecule has 0 radical (unpaired) electrons. The molecule has 1 aliphatic rings. The highest BCUT2D eigenvalue weighted by atomic mass is 16.6. The van der Waals surface area contributed by atoms with Crippen molar-refractivity contribution in [2.45, 2.75) is 24.9 Å². The van der Waals surface area contributed by atoms with Crippen molar-refractivity contribution < 1.29 is 9.72 Å². The first-order valence-corrected chi connectivity index (χ1v) is 5.37. The van der Waals surface area contributed by atoms with E-state index in [-0.39, 0.29) is 23.7 Å². The van der Waals surface area contributed by atoms with Gasteiger partial charge in [0.25, 0.3) is 11.6 Å². The number of amides is 1. The van der Waals surface area contributed by atoms with Gasteiger partial charge in [-0.3, -0.25) is 14.9 Å².